The van der Waals surface area contributed by atoms with Crippen LogP contribution in [0.4, 0.5) is 14.0 Å². The van der Waals surface area contributed by atoms with E-state index in [1.807, 2.05) is 0 Å². The first-order valence-electron chi connectivity index (χ1n) is 12.8. The van der Waals surface area contributed by atoms with Crippen LogP contribution in [0.1, 0.15) is 71.4 Å². The quantitative estimate of drug-likeness (QED) is 0.433. The summed E-state index contributed by atoms with van der Waals surface area (Å²) in [6.07, 6.45) is 2.16. The van der Waals surface area contributed by atoms with Crippen LogP contribution in [0.2, 0.25) is 0 Å². The molecule has 0 saturated heterocycles. The van der Waals surface area contributed by atoms with Gasteiger partial charge in [-0.25, -0.2) is 31.9 Å². The lowest BCUT2D eigenvalue weighted by atomic mass is 9.83. The lowest BCUT2D eigenvalue weighted by molar-refractivity contribution is 0.0518. The number of ether oxygens (including phenoxy) is 2. The zero-order valence-electron chi connectivity index (χ0n) is 23.0. The first-order valence-corrected chi connectivity index (χ1v) is 14.3. The average molecular weight is 560 g/mol. The van der Waals surface area contributed by atoms with Crippen molar-refractivity contribution < 1.29 is 31.9 Å². The van der Waals surface area contributed by atoms with Crippen LogP contribution < -0.4 is 5.32 Å². The number of hydrogen-bond acceptors (Lipinski definition) is 7. The Kier molecular flexibility index (Phi) is 7.50. The summed E-state index contributed by atoms with van der Waals surface area (Å²) in [5, 5.41) is 2.80. The molecular weight excluding hydrogens is 525 g/mol. The van der Waals surface area contributed by atoms with E-state index in [4.69, 9.17) is 9.47 Å². The second-order valence-corrected chi connectivity index (χ2v) is 13.6. The Balaban J connectivity index is 1.65. The summed E-state index contributed by atoms with van der Waals surface area (Å²) in [7, 11) is -4.19. The van der Waals surface area contributed by atoms with Gasteiger partial charge >= 0.3 is 12.2 Å². The molecule has 9 nitrogen and oxygen atoms in total. The smallest absolute Gasteiger partial charge is 0.420 e. The van der Waals surface area contributed by atoms with Crippen molar-refractivity contribution in [2.24, 2.45) is 0 Å². The number of aromatic nitrogens is 2. The van der Waals surface area contributed by atoms with Crippen molar-refractivity contribution in [1.82, 2.24) is 14.9 Å². The molecule has 11 heteroatoms. The highest BCUT2D eigenvalue weighted by atomic mass is 32.2. The van der Waals surface area contributed by atoms with E-state index in [0.717, 1.165) is 47.0 Å². The molecule has 1 N–H and O–H groups in total. The van der Waals surface area contributed by atoms with Crippen molar-refractivity contribution >= 4 is 33.1 Å². The van der Waals surface area contributed by atoms with Crippen molar-refractivity contribution in [1.29, 1.82) is 0 Å². The molecule has 210 valence electrons. The largest absolute Gasteiger partial charge is 0.444 e. The number of benzene rings is 2. The summed E-state index contributed by atoms with van der Waals surface area (Å²) in [6, 6.07) is 6.81. The van der Waals surface area contributed by atoms with Crippen molar-refractivity contribution in [3.05, 3.63) is 53.6 Å². The van der Waals surface area contributed by atoms with Crippen LogP contribution in [0.5, 0.6) is 0 Å². The normalized spacial score (nSPS) is 16.0. The molecular formula is C28H34FN3O6S. The van der Waals surface area contributed by atoms with Crippen molar-refractivity contribution in [2.75, 3.05) is 6.54 Å². The average Bonchev–Trinajstić information content (AvgIpc) is 3.23. The van der Waals surface area contributed by atoms with E-state index in [1.54, 1.807) is 53.7 Å². The zero-order valence-corrected chi connectivity index (χ0v) is 23.8. The standard InChI is InChI=1S/C28H34FN3O6S/c1-27(2,3)37-25(33)30-15-18-9-7-8-17-12-20(10-11-21(17)18)39(35,36)23-14-19(29)13-22-24(23)31-16-32(22)26(34)38-28(4,5)6/h10-14,16,18H,7-9,15H2,1-6H3,(H,30,33). The highest BCUT2D eigenvalue weighted by Gasteiger charge is 2.29. The van der Waals surface area contributed by atoms with E-state index in [2.05, 4.69) is 10.3 Å². The number of carbonyl (C=O) groups excluding carboxylic acids is 2. The second kappa shape index (κ2) is 10.3. The van der Waals surface area contributed by atoms with Crippen LogP contribution in [0.15, 0.2) is 46.5 Å². The Morgan fingerprint density at radius 1 is 1.08 bits per heavy atom. The molecule has 1 aliphatic rings. The molecule has 0 bridgehead atoms. The number of fused-ring (bicyclic) bond motifs is 2. The number of aryl methyl sites for hydroxylation is 1. The minimum atomic E-state index is -4.19. The minimum Gasteiger partial charge on any atom is -0.444 e. The molecule has 39 heavy (non-hydrogen) atoms. The fraction of sp³-hybridized carbons (Fsp3) is 0.464. The monoisotopic (exact) mass is 559 g/mol. The third-order valence-corrected chi connectivity index (χ3v) is 7.98. The van der Waals surface area contributed by atoms with Gasteiger partial charge in [-0.3, -0.25) is 0 Å². The summed E-state index contributed by atoms with van der Waals surface area (Å²) in [4.78, 5) is 28.5. The Morgan fingerprint density at radius 2 is 1.77 bits per heavy atom. The topological polar surface area (TPSA) is 117 Å². The van der Waals surface area contributed by atoms with E-state index in [9.17, 15) is 22.4 Å². The number of halogens is 1. The van der Waals surface area contributed by atoms with Crippen LogP contribution in [0, 0.1) is 5.82 Å². The van der Waals surface area contributed by atoms with Crippen LogP contribution in [0.3, 0.4) is 0 Å². The van der Waals surface area contributed by atoms with Gasteiger partial charge in [-0.05, 0) is 90.1 Å². The summed E-state index contributed by atoms with van der Waals surface area (Å²) in [5.41, 5.74) is 0.357. The molecule has 0 radical (unpaired) electrons. The first kappa shape index (κ1) is 28.5. The highest BCUT2D eigenvalue weighted by molar-refractivity contribution is 7.91. The molecule has 1 aromatic heterocycles. The predicted molar refractivity (Wildman–Crippen MR) is 143 cm³/mol. The van der Waals surface area contributed by atoms with E-state index in [0.29, 0.717) is 13.0 Å². The summed E-state index contributed by atoms with van der Waals surface area (Å²) >= 11 is 0. The fourth-order valence-electron chi connectivity index (χ4n) is 4.63. The summed E-state index contributed by atoms with van der Waals surface area (Å²) in [6.45, 7) is 10.8. The Bertz CT molecular complexity index is 1530. The van der Waals surface area contributed by atoms with Gasteiger partial charge in [0, 0.05) is 18.5 Å². The van der Waals surface area contributed by atoms with Crippen molar-refractivity contribution in [2.45, 2.75) is 87.7 Å². The van der Waals surface area contributed by atoms with E-state index in [-0.39, 0.29) is 26.7 Å². The van der Waals surface area contributed by atoms with E-state index >= 15 is 0 Å². The van der Waals surface area contributed by atoms with Gasteiger partial charge in [0.1, 0.15) is 33.8 Å². The Hall–Kier alpha value is -3.47. The molecule has 3 aromatic rings. The highest BCUT2D eigenvalue weighted by Crippen LogP contribution is 2.35. The first-order chi connectivity index (χ1) is 18.0. The third kappa shape index (κ3) is 6.41. The number of alkyl carbamates (subject to hydrolysis) is 1. The van der Waals surface area contributed by atoms with E-state index < -0.39 is 39.0 Å². The van der Waals surface area contributed by atoms with Gasteiger partial charge < -0.3 is 14.8 Å². The third-order valence-electron chi connectivity index (χ3n) is 6.22. The Morgan fingerprint density at radius 3 is 2.44 bits per heavy atom. The maximum atomic E-state index is 14.7. The van der Waals surface area contributed by atoms with E-state index in [1.165, 1.54) is 6.07 Å². The minimum absolute atomic E-state index is 0.000666. The number of hydrogen-bond donors (Lipinski definition) is 1. The lowest BCUT2D eigenvalue weighted by Gasteiger charge is -2.27. The Labute approximate surface area is 227 Å². The molecule has 4 rings (SSSR count). The summed E-state index contributed by atoms with van der Waals surface area (Å²) in [5.74, 6) is -0.818. The molecule has 1 amide bonds. The van der Waals surface area contributed by atoms with Gasteiger partial charge in [0.25, 0.3) is 0 Å². The molecule has 0 saturated carbocycles. The predicted octanol–water partition coefficient (Wildman–Crippen LogP) is 5.74. The molecule has 0 fully saturated rings. The van der Waals surface area contributed by atoms with Gasteiger partial charge in [-0.1, -0.05) is 6.07 Å². The fourth-order valence-corrected chi connectivity index (χ4v) is 6.11. The lowest BCUT2D eigenvalue weighted by Crippen LogP contribution is -2.35. The maximum Gasteiger partial charge on any atom is 0.420 e. The second-order valence-electron chi connectivity index (χ2n) is 11.7. The van der Waals surface area contributed by atoms with Gasteiger partial charge in [0.15, 0.2) is 0 Å². The molecule has 1 aliphatic carbocycles. The molecule has 0 spiro atoms. The molecule has 1 heterocycles. The van der Waals surface area contributed by atoms with Crippen LogP contribution in [0.25, 0.3) is 11.0 Å². The number of rotatable bonds is 4. The SMILES string of the molecule is CC(C)(C)OC(=O)NCC1CCCc2cc(S(=O)(=O)c3cc(F)cc4c3ncn4C(=O)OC(C)(C)C)ccc21. The number of sulfone groups is 1. The number of carbonyl (C=O) groups is 2. The molecule has 1 atom stereocenters. The van der Waals surface area contributed by atoms with Gasteiger partial charge in [0.05, 0.1) is 10.4 Å². The number of nitrogens with one attached hydrogen (secondary N) is 1. The molecule has 2 aromatic carbocycles. The molecule has 1 unspecified atom stereocenters. The van der Waals surface area contributed by atoms with Crippen molar-refractivity contribution in [3.8, 4) is 0 Å². The molecule has 0 aliphatic heterocycles. The maximum absolute atomic E-state index is 14.7. The number of imidazole rings is 1. The van der Waals surface area contributed by atoms with Crippen LogP contribution >= 0.6 is 0 Å². The van der Waals surface area contributed by atoms with Gasteiger partial charge in [0.2, 0.25) is 9.84 Å². The number of amides is 1. The number of nitrogens with zero attached hydrogens (tertiary/aromatic N) is 2. The van der Waals surface area contributed by atoms with Crippen LogP contribution in [-0.4, -0.2) is 47.9 Å². The van der Waals surface area contributed by atoms with Crippen LogP contribution in [-0.2, 0) is 25.7 Å². The van der Waals surface area contributed by atoms with Gasteiger partial charge in [-0.2, -0.15) is 0 Å². The van der Waals surface area contributed by atoms with Crippen molar-refractivity contribution in [3.63, 3.8) is 0 Å². The zero-order chi connectivity index (χ0) is 28.8. The summed E-state index contributed by atoms with van der Waals surface area (Å²) < 4.78 is 53.8. The van der Waals surface area contributed by atoms with Gasteiger partial charge in [-0.15, -0.1) is 0 Å².